The summed E-state index contributed by atoms with van der Waals surface area (Å²) >= 11 is 0. The van der Waals surface area contributed by atoms with Crippen molar-refractivity contribution in [3.05, 3.63) is 65.5 Å². The van der Waals surface area contributed by atoms with Crippen molar-refractivity contribution in [2.24, 2.45) is 0 Å². The van der Waals surface area contributed by atoms with Crippen LogP contribution in [0.25, 0.3) is 0 Å². The summed E-state index contributed by atoms with van der Waals surface area (Å²) < 4.78 is 39.6. The molecule has 0 spiro atoms. The maximum absolute atomic E-state index is 13.2. The van der Waals surface area contributed by atoms with Crippen LogP contribution in [0, 0.1) is 5.82 Å². The van der Waals surface area contributed by atoms with Gasteiger partial charge in [0.2, 0.25) is 15.9 Å². The lowest BCUT2D eigenvalue weighted by atomic mass is 9.92. The van der Waals surface area contributed by atoms with Crippen molar-refractivity contribution < 1.29 is 27.2 Å². The van der Waals surface area contributed by atoms with E-state index in [2.05, 4.69) is 10.6 Å². The summed E-state index contributed by atoms with van der Waals surface area (Å²) in [5, 5.41) is 5.17. The summed E-state index contributed by atoms with van der Waals surface area (Å²) in [7, 11) is -2.11. The summed E-state index contributed by atoms with van der Waals surface area (Å²) in [6.45, 7) is 4.62. The Morgan fingerprint density at radius 2 is 1.71 bits per heavy atom. The van der Waals surface area contributed by atoms with Crippen LogP contribution in [0.4, 0.5) is 9.18 Å². The normalized spacial score (nSPS) is 18.5. The van der Waals surface area contributed by atoms with Crippen LogP contribution in [0.15, 0.2) is 53.4 Å². The van der Waals surface area contributed by atoms with Gasteiger partial charge in [-0.25, -0.2) is 17.6 Å². The number of amides is 4. The zero-order chi connectivity index (χ0) is 25.3. The van der Waals surface area contributed by atoms with Crippen LogP contribution in [0.5, 0.6) is 0 Å². The van der Waals surface area contributed by atoms with E-state index in [1.165, 1.54) is 54.7 Å². The molecule has 1 saturated heterocycles. The van der Waals surface area contributed by atoms with Gasteiger partial charge in [0.15, 0.2) is 0 Å². The van der Waals surface area contributed by atoms with E-state index in [-0.39, 0.29) is 17.5 Å². The minimum absolute atomic E-state index is 0.0814. The lowest BCUT2D eigenvalue weighted by molar-refractivity contribution is -0.134. The molecule has 3 rings (SSSR count). The van der Waals surface area contributed by atoms with Gasteiger partial charge in [-0.1, -0.05) is 24.3 Å². The highest BCUT2D eigenvalue weighted by Crippen LogP contribution is 2.28. The topological polar surface area (TPSA) is 116 Å². The minimum atomic E-state index is -3.61. The van der Waals surface area contributed by atoms with Crippen LogP contribution in [-0.4, -0.2) is 55.1 Å². The number of nitrogens with one attached hydrogen (secondary N) is 2. The number of urea groups is 1. The highest BCUT2D eigenvalue weighted by molar-refractivity contribution is 7.89. The fourth-order valence-electron chi connectivity index (χ4n) is 3.44. The molecule has 9 nitrogen and oxygen atoms in total. The highest BCUT2D eigenvalue weighted by Gasteiger charge is 2.49. The number of benzene rings is 2. The average Bonchev–Trinajstić information content (AvgIpc) is 3.01. The second-order valence-corrected chi connectivity index (χ2v) is 10.5. The summed E-state index contributed by atoms with van der Waals surface area (Å²) in [5.41, 5.74) is -0.364. The predicted octanol–water partition coefficient (Wildman–Crippen LogP) is 1.94. The molecule has 1 unspecified atom stereocenters. The monoisotopic (exact) mass is 490 g/mol. The molecule has 1 heterocycles. The quantitative estimate of drug-likeness (QED) is 0.549. The Bertz CT molecular complexity index is 1200. The Balaban J connectivity index is 1.61. The van der Waals surface area contributed by atoms with Gasteiger partial charge in [0.25, 0.3) is 5.91 Å². The second-order valence-electron chi connectivity index (χ2n) is 8.49. The van der Waals surface area contributed by atoms with Crippen molar-refractivity contribution in [2.45, 2.75) is 43.8 Å². The van der Waals surface area contributed by atoms with E-state index in [1.807, 2.05) is 0 Å². The standard InChI is InChI=1S/C23H27FN4O5S/c1-15(2)27(4)34(32,33)19-11-5-16(6-12-19)13-25-20(29)14-28-21(30)23(3,26-22(28)31)17-7-9-18(24)10-8-17/h5-12,15H,13-14H2,1-4H3,(H,25,29)(H,26,31). The molecule has 0 radical (unpaired) electrons. The molecule has 0 saturated carbocycles. The highest BCUT2D eigenvalue weighted by atomic mass is 32.2. The van der Waals surface area contributed by atoms with Crippen molar-refractivity contribution in [1.82, 2.24) is 19.8 Å². The molecular weight excluding hydrogens is 463 g/mol. The van der Waals surface area contributed by atoms with Crippen molar-refractivity contribution >= 4 is 27.9 Å². The van der Waals surface area contributed by atoms with E-state index in [0.29, 0.717) is 11.1 Å². The first-order valence-corrected chi connectivity index (χ1v) is 12.0. The van der Waals surface area contributed by atoms with Gasteiger partial charge in [0.05, 0.1) is 4.90 Å². The molecule has 2 N–H and O–H groups in total. The number of carbonyl (C=O) groups is 3. The Labute approximate surface area is 198 Å². The van der Waals surface area contributed by atoms with E-state index in [4.69, 9.17) is 0 Å². The zero-order valence-corrected chi connectivity index (χ0v) is 20.1. The van der Waals surface area contributed by atoms with E-state index in [9.17, 15) is 27.2 Å². The summed E-state index contributed by atoms with van der Waals surface area (Å²) in [5.74, 6) is -1.66. The molecule has 182 valence electrons. The van der Waals surface area contributed by atoms with Crippen LogP contribution >= 0.6 is 0 Å². The molecular formula is C23H27FN4O5S. The number of hydrogen-bond donors (Lipinski definition) is 2. The number of sulfonamides is 1. The molecule has 1 aliphatic heterocycles. The van der Waals surface area contributed by atoms with Gasteiger partial charge in [-0.2, -0.15) is 4.31 Å². The molecule has 2 aromatic carbocycles. The molecule has 11 heteroatoms. The number of rotatable bonds is 8. The number of halogens is 1. The summed E-state index contributed by atoms with van der Waals surface area (Å²) in [4.78, 5) is 38.6. The van der Waals surface area contributed by atoms with Crippen LogP contribution < -0.4 is 10.6 Å². The third-order valence-electron chi connectivity index (χ3n) is 5.82. The predicted molar refractivity (Wildman–Crippen MR) is 122 cm³/mol. The number of hydrogen-bond acceptors (Lipinski definition) is 5. The van der Waals surface area contributed by atoms with Crippen LogP contribution in [0.1, 0.15) is 31.9 Å². The van der Waals surface area contributed by atoms with Crippen LogP contribution in [-0.2, 0) is 31.7 Å². The van der Waals surface area contributed by atoms with Crippen molar-refractivity contribution in [3.8, 4) is 0 Å². The van der Waals surface area contributed by atoms with Gasteiger partial charge in [-0.15, -0.1) is 0 Å². The molecule has 1 aliphatic rings. The third-order valence-corrected chi connectivity index (χ3v) is 7.86. The van der Waals surface area contributed by atoms with Gasteiger partial charge in [-0.3, -0.25) is 14.5 Å². The molecule has 0 aliphatic carbocycles. The molecule has 0 bridgehead atoms. The fourth-order valence-corrected chi connectivity index (χ4v) is 4.81. The smallest absolute Gasteiger partial charge is 0.325 e. The Morgan fingerprint density at radius 3 is 2.26 bits per heavy atom. The molecule has 4 amide bonds. The van der Waals surface area contributed by atoms with Crippen LogP contribution in [0.3, 0.4) is 0 Å². The van der Waals surface area contributed by atoms with Crippen molar-refractivity contribution in [1.29, 1.82) is 0 Å². The van der Waals surface area contributed by atoms with Crippen molar-refractivity contribution in [3.63, 3.8) is 0 Å². The van der Waals surface area contributed by atoms with E-state index in [0.717, 1.165) is 4.90 Å². The SMILES string of the molecule is CC(C)N(C)S(=O)(=O)c1ccc(CNC(=O)CN2C(=O)NC(C)(c3ccc(F)cc3)C2=O)cc1. The van der Waals surface area contributed by atoms with Gasteiger partial charge in [0, 0.05) is 19.6 Å². The number of nitrogens with zero attached hydrogens (tertiary/aromatic N) is 2. The van der Waals surface area contributed by atoms with Gasteiger partial charge in [-0.05, 0) is 56.2 Å². The molecule has 2 aromatic rings. The zero-order valence-electron chi connectivity index (χ0n) is 19.3. The van der Waals surface area contributed by atoms with Gasteiger partial charge < -0.3 is 10.6 Å². The van der Waals surface area contributed by atoms with Gasteiger partial charge in [0.1, 0.15) is 17.9 Å². The lowest BCUT2D eigenvalue weighted by Crippen LogP contribution is -2.43. The summed E-state index contributed by atoms with van der Waals surface area (Å²) in [6, 6.07) is 10.3. The maximum atomic E-state index is 13.2. The Kier molecular flexibility index (Phi) is 7.08. The van der Waals surface area contributed by atoms with Crippen LogP contribution in [0.2, 0.25) is 0 Å². The molecule has 0 aromatic heterocycles. The van der Waals surface area contributed by atoms with E-state index < -0.39 is 45.8 Å². The fraction of sp³-hybridized carbons (Fsp3) is 0.348. The first kappa shape index (κ1) is 25.3. The molecule has 1 atom stereocenters. The first-order chi connectivity index (χ1) is 15.9. The largest absolute Gasteiger partial charge is 0.350 e. The minimum Gasteiger partial charge on any atom is -0.350 e. The maximum Gasteiger partial charge on any atom is 0.325 e. The first-order valence-electron chi connectivity index (χ1n) is 10.6. The Morgan fingerprint density at radius 1 is 1.12 bits per heavy atom. The molecule has 1 fully saturated rings. The van der Waals surface area contributed by atoms with Crippen molar-refractivity contribution in [2.75, 3.05) is 13.6 Å². The van der Waals surface area contributed by atoms with E-state index in [1.54, 1.807) is 26.0 Å². The number of imide groups is 1. The number of carbonyl (C=O) groups excluding carboxylic acids is 3. The molecule has 34 heavy (non-hydrogen) atoms. The third kappa shape index (κ3) is 4.95. The average molecular weight is 491 g/mol. The van der Waals surface area contributed by atoms with E-state index >= 15 is 0 Å². The Hall–Kier alpha value is -3.31. The lowest BCUT2D eigenvalue weighted by Gasteiger charge is -2.22. The van der Waals surface area contributed by atoms with Gasteiger partial charge >= 0.3 is 6.03 Å². The second kappa shape index (κ2) is 9.51. The summed E-state index contributed by atoms with van der Waals surface area (Å²) in [6.07, 6.45) is 0.